The van der Waals surface area contributed by atoms with Crippen LogP contribution in [0.1, 0.15) is 45.8 Å². The molecule has 18 heavy (non-hydrogen) atoms. The standard InChI is InChI=1S/C15H24BrNO/c1-5-11(3)10-17(6-2)15-8-7-13(16)9-14(15)12(4)18/h7-9,11-12,18H,5-6,10H2,1-4H3. The first kappa shape index (κ1) is 15.5. The molecule has 1 N–H and O–H groups in total. The fraction of sp³-hybridized carbons (Fsp3) is 0.600. The molecule has 0 saturated carbocycles. The molecule has 0 spiro atoms. The van der Waals surface area contributed by atoms with Crippen LogP contribution in [0.25, 0.3) is 0 Å². The SMILES string of the molecule is CCC(C)CN(CC)c1ccc(Br)cc1C(C)O. The molecule has 0 bridgehead atoms. The molecule has 0 saturated heterocycles. The van der Waals surface area contributed by atoms with Gasteiger partial charge in [-0.05, 0) is 38.0 Å². The van der Waals surface area contributed by atoms with E-state index < -0.39 is 6.10 Å². The molecule has 0 fully saturated rings. The zero-order valence-corrected chi connectivity index (χ0v) is 13.4. The van der Waals surface area contributed by atoms with Crippen molar-refractivity contribution in [2.24, 2.45) is 5.92 Å². The summed E-state index contributed by atoms with van der Waals surface area (Å²) in [6.45, 7) is 10.5. The van der Waals surface area contributed by atoms with Gasteiger partial charge in [0.1, 0.15) is 0 Å². The lowest BCUT2D eigenvalue weighted by Gasteiger charge is -2.29. The van der Waals surface area contributed by atoms with E-state index in [0.29, 0.717) is 5.92 Å². The second kappa shape index (κ2) is 7.15. The predicted octanol–water partition coefficient (Wildman–Crippen LogP) is 4.37. The largest absolute Gasteiger partial charge is 0.389 e. The van der Waals surface area contributed by atoms with Crippen LogP contribution in [0.15, 0.2) is 22.7 Å². The molecule has 1 aromatic rings. The summed E-state index contributed by atoms with van der Waals surface area (Å²) in [5, 5.41) is 9.92. The molecular weight excluding hydrogens is 290 g/mol. The second-order valence-corrected chi connectivity index (χ2v) is 5.85. The Morgan fingerprint density at radius 1 is 1.28 bits per heavy atom. The summed E-state index contributed by atoms with van der Waals surface area (Å²) < 4.78 is 1.02. The van der Waals surface area contributed by atoms with Crippen molar-refractivity contribution in [1.82, 2.24) is 0 Å². The maximum atomic E-state index is 9.92. The number of halogens is 1. The number of hydrogen-bond donors (Lipinski definition) is 1. The van der Waals surface area contributed by atoms with Crippen LogP contribution in [0, 0.1) is 5.92 Å². The Morgan fingerprint density at radius 2 is 1.94 bits per heavy atom. The monoisotopic (exact) mass is 313 g/mol. The summed E-state index contributed by atoms with van der Waals surface area (Å²) in [6.07, 6.45) is 0.736. The second-order valence-electron chi connectivity index (χ2n) is 4.93. The van der Waals surface area contributed by atoms with E-state index in [9.17, 15) is 5.11 Å². The highest BCUT2D eigenvalue weighted by Gasteiger charge is 2.15. The van der Waals surface area contributed by atoms with Crippen LogP contribution in [0.2, 0.25) is 0 Å². The zero-order valence-electron chi connectivity index (χ0n) is 11.8. The van der Waals surface area contributed by atoms with Crippen molar-refractivity contribution in [2.45, 2.75) is 40.2 Å². The van der Waals surface area contributed by atoms with Gasteiger partial charge in [-0.1, -0.05) is 36.2 Å². The van der Waals surface area contributed by atoms with Crippen molar-refractivity contribution < 1.29 is 5.11 Å². The van der Waals surface area contributed by atoms with Gasteiger partial charge in [-0.15, -0.1) is 0 Å². The molecule has 2 nitrogen and oxygen atoms in total. The number of benzene rings is 1. The number of nitrogens with zero attached hydrogens (tertiary/aromatic N) is 1. The predicted molar refractivity (Wildman–Crippen MR) is 82.1 cm³/mol. The smallest absolute Gasteiger partial charge is 0.0782 e. The van der Waals surface area contributed by atoms with Crippen LogP contribution in [-0.2, 0) is 0 Å². The van der Waals surface area contributed by atoms with Crippen LogP contribution < -0.4 is 4.90 Å². The lowest BCUT2D eigenvalue weighted by atomic mass is 10.0. The quantitative estimate of drug-likeness (QED) is 0.842. The minimum Gasteiger partial charge on any atom is -0.389 e. The minimum absolute atomic E-state index is 0.441. The molecule has 1 aromatic carbocycles. The van der Waals surface area contributed by atoms with Crippen LogP contribution >= 0.6 is 15.9 Å². The lowest BCUT2D eigenvalue weighted by molar-refractivity contribution is 0.199. The molecule has 102 valence electrons. The first-order chi connectivity index (χ1) is 8.49. The molecule has 3 heteroatoms. The van der Waals surface area contributed by atoms with Crippen molar-refractivity contribution in [2.75, 3.05) is 18.0 Å². The summed E-state index contributed by atoms with van der Waals surface area (Å²) >= 11 is 3.47. The highest BCUT2D eigenvalue weighted by Crippen LogP contribution is 2.30. The fourth-order valence-electron chi connectivity index (χ4n) is 2.05. The van der Waals surface area contributed by atoms with E-state index >= 15 is 0 Å². The highest BCUT2D eigenvalue weighted by molar-refractivity contribution is 9.10. The maximum Gasteiger partial charge on any atom is 0.0782 e. The van der Waals surface area contributed by atoms with Gasteiger partial charge >= 0.3 is 0 Å². The first-order valence-electron chi connectivity index (χ1n) is 6.72. The minimum atomic E-state index is -0.441. The Kier molecular flexibility index (Phi) is 6.16. The Morgan fingerprint density at radius 3 is 2.44 bits per heavy atom. The number of aliphatic hydroxyl groups excluding tert-OH is 1. The number of rotatable bonds is 6. The molecule has 2 atom stereocenters. The Hall–Kier alpha value is -0.540. The van der Waals surface area contributed by atoms with Crippen molar-refractivity contribution in [3.8, 4) is 0 Å². The molecule has 2 unspecified atom stereocenters. The third kappa shape index (κ3) is 3.99. The van der Waals surface area contributed by atoms with E-state index in [0.717, 1.165) is 28.8 Å². The van der Waals surface area contributed by atoms with E-state index in [1.807, 2.05) is 19.1 Å². The van der Waals surface area contributed by atoms with Gasteiger partial charge in [-0.25, -0.2) is 0 Å². The third-order valence-corrected chi connectivity index (χ3v) is 3.88. The van der Waals surface area contributed by atoms with Gasteiger partial charge in [0.15, 0.2) is 0 Å². The van der Waals surface area contributed by atoms with Gasteiger partial charge in [0.2, 0.25) is 0 Å². The van der Waals surface area contributed by atoms with E-state index in [2.05, 4.69) is 47.7 Å². The molecule has 1 rings (SSSR count). The van der Waals surface area contributed by atoms with E-state index in [4.69, 9.17) is 0 Å². The number of hydrogen-bond acceptors (Lipinski definition) is 2. The Bertz CT molecular complexity index is 379. The highest BCUT2D eigenvalue weighted by atomic mass is 79.9. The molecule has 0 aliphatic heterocycles. The van der Waals surface area contributed by atoms with E-state index in [-0.39, 0.29) is 0 Å². The molecule has 0 aliphatic carbocycles. The first-order valence-corrected chi connectivity index (χ1v) is 7.51. The maximum absolute atomic E-state index is 9.92. The number of aliphatic hydroxyl groups is 1. The topological polar surface area (TPSA) is 23.5 Å². The Balaban J connectivity index is 3.04. The van der Waals surface area contributed by atoms with Gasteiger partial charge in [0, 0.05) is 28.8 Å². The molecule has 0 radical (unpaired) electrons. The van der Waals surface area contributed by atoms with Crippen molar-refractivity contribution >= 4 is 21.6 Å². The van der Waals surface area contributed by atoms with Crippen molar-refractivity contribution in [3.05, 3.63) is 28.2 Å². The molecule has 0 heterocycles. The number of anilines is 1. The van der Waals surface area contributed by atoms with Crippen LogP contribution in [0.4, 0.5) is 5.69 Å². The Labute approximate surface area is 119 Å². The average molecular weight is 314 g/mol. The molecule has 0 amide bonds. The van der Waals surface area contributed by atoms with Crippen LogP contribution in [-0.4, -0.2) is 18.2 Å². The summed E-state index contributed by atoms with van der Waals surface area (Å²) in [5.41, 5.74) is 2.14. The van der Waals surface area contributed by atoms with Crippen LogP contribution in [0.5, 0.6) is 0 Å². The summed E-state index contributed by atoms with van der Waals surface area (Å²) in [4.78, 5) is 2.35. The van der Waals surface area contributed by atoms with Gasteiger partial charge in [-0.2, -0.15) is 0 Å². The molecule has 0 aliphatic rings. The third-order valence-electron chi connectivity index (χ3n) is 3.39. The van der Waals surface area contributed by atoms with E-state index in [1.54, 1.807) is 0 Å². The molecular formula is C15H24BrNO. The van der Waals surface area contributed by atoms with Gasteiger partial charge in [0.05, 0.1) is 6.10 Å². The van der Waals surface area contributed by atoms with Gasteiger partial charge < -0.3 is 10.0 Å². The lowest BCUT2D eigenvalue weighted by Crippen LogP contribution is -2.29. The van der Waals surface area contributed by atoms with Gasteiger partial charge in [-0.3, -0.25) is 0 Å². The van der Waals surface area contributed by atoms with Gasteiger partial charge in [0.25, 0.3) is 0 Å². The average Bonchev–Trinajstić information content (AvgIpc) is 2.35. The van der Waals surface area contributed by atoms with Crippen molar-refractivity contribution in [1.29, 1.82) is 0 Å². The summed E-state index contributed by atoms with van der Waals surface area (Å²) in [7, 11) is 0. The summed E-state index contributed by atoms with van der Waals surface area (Å²) in [6, 6.07) is 6.15. The van der Waals surface area contributed by atoms with E-state index in [1.165, 1.54) is 6.42 Å². The summed E-state index contributed by atoms with van der Waals surface area (Å²) in [5.74, 6) is 0.662. The van der Waals surface area contributed by atoms with Crippen molar-refractivity contribution in [3.63, 3.8) is 0 Å². The zero-order chi connectivity index (χ0) is 13.7. The fourth-order valence-corrected chi connectivity index (χ4v) is 2.43. The van der Waals surface area contributed by atoms with Crippen LogP contribution in [0.3, 0.4) is 0 Å². The molecule has 0 aromatic heterocycles. The normalized spacial score (nSPS) is 14.3.